The van der Waals surface area contributed by atoms with Gasteiger partial charge in [-0.15, -0.1) is 0 Å². The minimum absolute atomic E-state index is 0.224. The second-order valence-electron chi connectivity index (χ2n) is 10.4. The van der Waals surface area contributed by atoms with Gasteiger partial charge in [-0.2, -0.15) is 0 Å². The molecule has 3 N–H and O–H groups in total. The maximum Gasteiger partial charge on any atom is 0.251 e. The van der Waals surface area contributed by atoms with Crippen molar-refractivity contribution in [1.29, 1.82) is 0 Å². The number of nitrogens with one attached hydrogen (secondary N) is 3. The number of alkyl halides is 1. The number of hydrogen-bond acceptors (Lipinski definition) is 6. The summed E-state index contributed by atoms with van der Waals surface area (Å²) in [5.41, 5.74) is 0.0374. The molecule has 1 fully saturated rings. The van der Waals surface area contributed by atoms with Crippen LogP contribution in [0, 0.1) is 0 Å². The van der Waals surface area contributed by atoms with Gasteiger partial charge in [-0.1, -0.05) is 18.2 Å². The number of amides is 3. The number of carbonyl (C=O) groups is 3. The number of methoxy groups -OCH3 is 1. The number of benzene rings is 2. The zero-order valence-corrected chi connectivity index (χ0v) is 23.3. The summed E-state index contributed by atoms with van der Waals surface area (Å²) < 4.78 is 26.4. The standard InChI is InChI=1S/C31H32FN5O5/c1-20(26-14-22-16-33-13-12-25(22)36-26)35-30(40)27-15-31(32,19-41-2)18-37(27)28(38)17-34-29(39)21-8-10-24(11-9-21)42-23-6-4-3-5-7-23/h3-14,16,20,27,36H,15,17-19H2,1-2H3,(H,34,39)(H,35,40)/t20-,27?,31-/m1/s1. The van der Waals surface area contributed by atoms with Crippen LogP contribution in [0.1, 0.15) is 35.4 Å². The quantitative estimate of drug-likeness (QED) is 0.264. The van der Waals surface area contributed by atoms with Crippen molar-refractivity contribution in [3.8, 4) is 11.5 Å². The maximum absolute atomic E-state index is 15.6. The van der Waals surface area contributed by atoms with Crippen LogP contribution in [0.15, 0.2) is 79.1 Å². The van der Waals surface area contributed by atoms with Crippen molar-refractivity contribution in [2.45, 2.75) is 31.1 Å². The van der Waals surface area contributed by atoms with Gasteiger partial charge >= 0.3 is 0 Å². The first-order chi connectivity index (χ1) is 20.2. The third-order valence-corrected chi connectivity index (χ3v) is 7.18. The first-order valence-electron chi connectivity index (χ1n) is 13.6. The van der Waals surface area contributed by atoms with E-state index in [-0.39, 0.29) is 19.6 Å². The molecule has 218 valence electrons. The van der Waals surface area contributed by atoms with E-state index in [2.05, 4.69) is 20.6 Å². The van der Waals surface area contributed by atoms with E-state index in [4.69, 9.17) is 9.47 Å². The lowest BCUT2D eigenvalue weighted by Gasteiger charge is -2.25. The summed E-state index contributed by atoms with van der Waals surface area (Å²) in [4.78, 5) is 47.8. The zero-order valence-electron chi connectivity index (χ0n) is 23.3. The van der Waals surface area contributed by atoms with Crippen molar-refractivity contribution in [2.24, 2.45) is 0 Å². The highest BCUT2D eigenvalue weighted by Crippen LogP contribution is 2.32. The Kier molecular flexibility index (Phi) is 8.48. The number of hydrogen-bond donors (Lipinski definition) is 3. The first kappa shape index (κ1) is 28.7. The Labute approximate surface area is 242 Å². The molecule has 1 unspecified atom stereocenters. The molecule has 4 aromatic rings. The Morgan fingerprint density at radius 2 is 1.86 bits per heavy atom. The van der Waals surface area contributed by atoms with Gasteiger partial charge in [0.25, 0.3) is 5.91 Å². The van der Waals surface area contributed by atoms with E-state index in [1.54, 1.807) is 43.6 Å². The Hall–Kier alpha value is -4.77. The van der Waals surface area contributed by atoms with Crippen LogP contribution in [-0.2, 0) is 14.3 Å². The zero-order chi connectivity index (χ0) is 29.7. The number of ether oxygens (including phenoxy) is 2. The molecule has 2 aromatic carbocycles. The molecule has 42 heavy (non-hydrogen) atoms. The molecule has 1 aliphatic heterocycles. The normalized spacial score (nSPS) is 18.9. The Morgan fingerprint density at radius 1 is 1.12 bits per heavy atom. The molecule has 2 aromatic heterocycles. The molecule has 3 amide bonds. The second-order valence-corrected chi connectivity index (χ2v) is 10.4. The summed E-state index contributed by atoms with van der Waals surface area (Å²) in [6.07, 6.45) is 3.15. The average Bonchev–Trinajstić information content (AvgIpc) is 3.58. The van der Waals surface area contributed by atoms with Gasteiger partial charge in [0.1, 0.15) is 17.5 Å². The summed E-state index contributed by atoms with van der Waals surface area (Å²) in [6, 6.07) is 17.9. The van der Waals surface area contributed by atoms with Crippen molar-refractivity contribution in [2.75, 3.05) is 26.8 Å². The largest absolute Gasteiger partial charge is 0.457 e. The smallest absolute Gasteiger partial charge is 0.251 e. The highest BCUT2D eigenvalue weighted by molar-refractivity contribution is 5.97. The third-order valence-electron chi connectivity index (χ3n) is 7.18. The molecule has 0 saturated carbocycles. The molecule has 0 bridgehead atoms. The molecule has 0 aliphatic carbocycles. The highest BCUT2D eigenvalue weighted by Gasteiger charge is 2.49. The van der Waals surface area contributed by atoms with Gasteiger partial charge in [0.15, 0.2) is 5.67 Å². The van der Waals surface area contributed by atoms with Crippen LogP contribution in [0.2, 0.25) is 0 Å². The summed E-state index contributed by atoms with van der Waals surface area (Å²) in [5.74, 6) is -0.346. The number of para-hydroxylation sites is 1. The lowest BCUT2D eigenvalue weighted by Crippen LogP contribution is -2.49. The van der Waals surface area contributed by atoms with Crippen LogP contribution in [0.5, 0.6) is 11.5 Å². The highest BCUT2D eigenvalue weighted by atomic mass is 19.1. The SMILES string of the molecule is COC[C@@]1(F)CC(C(=O)N[C@H](C)c2cc3cnccc3[nH]2)N(C(=O)CNC(=O)c2ccc(Oc3ccccc3)cc2)C1. The van der Waals surface area contributed by atoms with Gasteiger partial charge in [-0.05, 0) is 55.5 Å². The summed E-state index contributed by atoms with van der Waals surface area (Å²) in [5, 5.41) is 6.36. The predicted octanol–water partition coefficient (Wildman–Crippen LogP) is 3.92. The topological polar surface area (TPSA) is 126 Å². The van der Waals surface area contributed by atoms with E-state index in [1.165, 1.54) is 12.0 Å². The van der Waals surface area contributed by atoms with Crippen molar-refractivity contribution in [3.05, 3.63) is 90.4 Å². The van der Waals surface area contributed by atoms with Gasteiger partial charge in [0.05, 0.1) is 25.7 Å². The summed E-state index contributed by atoms with van der Waals surface area (Å²) in [6.45, 7) is 0.796. The molecule has 3 heterocycles. The predicted molar refractivity (Wildman–Crippen MR) is 154 cm³/mol. The van der Waals surface area contributed by atoms with Crippen molar-refractivity contribution in [3.63, 3.8) is 0 Å². The number of H-pyrrole nitrogens is 1. The molecule has 0 radical (unpaired) electrons. The van der Waals surface area contributed by atoms with Gasteiger partial charge in [0, 0.05) is 48.1 Å². The van der Waals surface area contributed by atoms with Crippen molar-refractivity contribution < 1.29 is 28.2 Å². The summed E-state index contributed by atoms with van der Waals surface area (Å²) in [7, 11) is 1.37. The van der Waals surface area contributed by atoms with Crippen LogP contribution in [0.25, 0.3) is 10.9 Å². The second kappa shape index (κ2) is 12.4. The van der Waals surface area contributed by atoms with Crippen LogP contribution in [-0.4, -0.2) is 71.1 Å². The fourth-order valence-electron chi connectivity index (χ4n) is 5.07. The number of aromatic nitrogens is 2. The van der Waals surface area contributed by atoms with Crippen LogP contribution in [0.4, 0.5) is 4.39 Å². The van der Waals surface area contributed by atoms with E-state index in [0.29, 0.717) is 17.1 Å². The van der Waals surface area contributed by atoms with E-state index in [0.717, 1.165) is 16.6 Å². The molecular formula is C31H32FN5O5. The molecular weight excluding hydrogens is 541 g/mol. The van der Waals surface area contributed by atoms with Crippen LogP contribution >= 0.6 is 0 Å². The average molecular weight is 574 g/mol. The van der Waals surface area contributed by atoms with E-state index >= 15 is 4.39 Å². The number of carbonyl (C=O) groups excluding carboxylic acids is 3. The number of likely N-dealkylation sites (tertiary alicyclic amines) is 1. The first-order valence-corrected chi connectivity index (χ1v) is 13.6. The number of aromatic amines is 1. The lowest BCUT2D eigenvalue weighted by molar-refractivity contribution is -0.138. The van der Waals surface area contributed by atoms with Gasteiger partial charge < -0.3 is 30.0 Å². The maximum atomic E-state index is 15.6. The number of nitrogens with zero attached hydrogens (tertiary/aromatic N) is 2. The van der Waals surface area contributed by atoms with Gasteiger partial charge in [0.2, 0.25) is 11.8 Å². The van der Waals surface area contributed by atoms with Crippen LogP contribution in [0.3, 0.4) is 0 Å². The molecule has 0 spiro atoms. The number of pyridine rings is 1. The molecule has 1 aliphatic rings. The van der Waals surface area contributed by atoms with Gasteiger partial charge in [-0.3, -0.25) is 19.4 Å². The summed E-state index contributed by atoms with van der Waals surface area (Å²) >= 11 is 0. The minimum Gasteiger partial charge on any atom is -0.457 e. The van der Waals surface area contributed by atoms with E-state index in [9.17, 15) is 14.4 Å². The molecule has 5 rings (SSSR count). The number of rotatable bonds is 10. The third kappa shape index (κ3) is 6.58. The lowest BCUT2D eigenvalue weighted by atomic mass is 10.0. The fourth-order valence-corrected chi connectivity index (χ4v) is 5.07. The Balaban J connectivity index is 1.21. The molecule has 10 nitrogen and oxygen atoms in total. The Bertz CT molecular complexity index is 1530. The minimum atomic E-state index is -1.90. The molecule has 3 atom stereocenters. The molecule has 1 saturated heterocycles. The van der Waals surface area contributed by atoms with E-state index in [1.807, 2.05) is 42.5 Å². The van der Waals surface area contributed by atoms with Crippen LogP contribution < -0.4 is 15.4 Å². The Morgan fingerprint density at radius 3 is 2.57 bits per heavy atom. The monoisotopic (exact) mass is 573 g/mol. The van der Waals surface area contributed by atoms with Crippen molar-refractivity contribution >= 4 is 28.6 Å². The van der Waals surface area contributed by atoms with Crippen molar-refractivity contribution in [1.82, 2.24) is 25.5 Å². The number of fused-ring (bicyclic) bond motifs is 1. The number of halogens is 1. The van der Waals surface area contributed by atoms with Gasteiger partial charge in [-0.25, -0.2) is 4.39 Å². The van der Waals surface area contributed by atoms with E-state index < -0.39 is 42.0 Å². The fraction of sp³-hybridized carbons (Fsp3) is 0.290. The molecule has 11 heteroatoms.